The minimum atomic E-state index is 0.167. The molecule has 0 radical (unpaired) electrons. The van der Waals surface area contributed by atoms with Crippen molar-refractivity contribution in [1.82, 2.24) is 19.8 Å². The average molecular weight is 369 g/mol. The SMILES string of the molecule is O=C(CCn1cnc2ccccc21)N[C@H]1CCCN(C2CCCCCC2)C1. The van der Waals surface area contributed by atoms with Gasteiger partial charge < -0.3 is 9.88 Å². The Bertz CT molecular complexity index is 748. The standard InChI is InChI=1S/C22H32N4O/c27-22(13-15-26-17-23-20-11-5-6-12-21(20)26)24-18-8-7-14-25(16-18)19-9-3-1-2-4-10-19/h5-6,11-12,17-19H,1-4,7-10,13-16H2,(H,24,27)/t18-/m0/s1. The number of rotatable bonds is 5. The fourth-order valence-electron chi connectivity index (χ4n) is 4.79. The maximum atomic E-state index is 12.5. The van der Waals surface area contributed by atoms with E-state index in [4.69, 9.17) is 0 Å². The number of aromatic nitrogens is 2. The smallest absolute Gasteiger partial charge is 0.222 e. The van der Waals surface area contributed by atoms with Crippen LogP contribution in [0.1, 0.15) is 57.8 Å². The lowest BCUT2D eigenvalue weighted by atomic mass is 10.00. The number of carbonyl (C=O) groups excluding carboxylic acids is 1. The Balaban J connectivity index is 1.27. The fraction of sp³-hybridized carbons (Fsp3) is 0.636. The number of nitrogens with one attached hydrogen (secondary N) is 1. The van der Waals surface area contributed by atoms with Gasteiger partial charge in [-0.05, 0) is 44.4 Å². The number of likely N-dealkylation sites (tertiary alicyclic amines) is 1. The molecule has 1 saturated carbocycles. The lowest BCUT2D eigenvalue weighted by Gasteiger charge is -2.38. The number of carbonyl (C=O) groups is 1. The molecular formula is C22H32N4O. The Morgan fingerprint density at radius 2 is 1.89 bits per heavy atom. The Labute approximate surface area is 162 Å². The van der Waals surface area contributed by atoms with Crippen LogP contribution in [0.2, 0.25) is 0 Å². The van der Waals surface area contributed by atoms with Crippen LogP contribution in [-0.4, -0.2) is 45.5 Å². The number of fused-ring (bicyclic) bond motifs is 1. The summed E-state index contributed by atoms with van der Waals surface area (Å²) in [6, 6.07) is 9.14. The number of benzene rings is 1. The van der Waals surface area contributed by atoms with Gasteiger partial charge in [0.1, 0.15) is 0 Å². The van der Waals surface area contributed by atoms with Crippen LogP contribution in [0.4, 0.5) is 0 Å². The van der Waals surface area contributed by atoms with Crippen LogP contribution in [0.5, 0.6) is 0 Å². The number of nitrogens with zero attached hydrogens (tertiary/aromatic N) is 3. The largest absolute Gasteiger partial charge is 0.352 e. The molecule has 1 saturated heterocycles. The van der Waals surface area contributed by atoms with Gasteiger partial charge in [-0.1, -0.05) is 37.8 Å². The highest BCUT2D eigenvalue weighted by Crippen LogP contribution is 2.24. The third-order valence-corrected chi connectivity index (χ3v) is 6.27. The van der Waals surface area contributed by atoms with E-state index >= 15 is 0 Å². The molecule has 0 spiro atoms. The molecule has 0 bridgehead atoms. The van der Waals surface area contributed by atoms with Crippen molar-refractivity contribution in [3.63, 3.8) is 0 Å². The van der Waals surface area contributed by atoms with E-state index in [2.05, 4.69) is 25.8 Å². The van der Waals surface area contributed by atoms with E-state index in [1.165, 1.54) is 51.5 Å². The normalized spacial score (nSPS) is 22.6. The molecule has 4 rings (SSSR count). The monoisotopic (exact) mass is 368 g/mol. The molecule has 1 N–H and O–H groups in total. The third-order valence-electron chi connectivity index (χ3n) is 6.27. The third kappa shape index (κ3) is 4.70. The molecule has 2 aromatic rings. The molecule has 146 valence electrons. The first-order valence-corrected chi connectivity index (χ1v) is 10.7. The van der Waals surface area contributed by atoms with E-state index < -0.39 is 0 Å². The lowest BCUT2D eigenvalue weighted by molar-refractivity contribution is -0.122. The van der Waals surface area contributed by atoms with Crippen molar-refractivity contribution in [2.45, 2.75) is 76.4 Å². The summed E-state index contributed by atoms with van der Waals surface area (Å²) in [4.78, 5) is 19.6. The van der Waals surface area contributed by atoms with E-state index in [-0.39, 0.29) is 5.91 Å². The number of aryl methyl sites for hydroxylation is 1. The number of hydrogen-bond acceptors (Lipinski definition) is 3. The van der Waals surface area contributed by atoms with Gasteiger partial charge in [0.15, 0.2) is 0 Å². The van der Waals surface area contributed by atoms with Crippen LogP contribution in [0, 0.1) is 0 Å². The minimum Gasteiger partial charge on any atom is -0.352 e. The van der Waals surface area contributed by atoms with Crippen molar-refractivity contribution in [1.29, 1.82) is 0 Å². The van der Waals surface area contributed by atoms with Crippen LogP contribution in [0.25, 0.3) is 11.0 Å². The first-order chi connectivity index (χ1) is 13.3. The predicted molar refractivity (Wildman–Crippen MR) is 109 cm³/mol. The summed E-state index contributed by atoms with van der Waals surface area (Å²) in [7, 11) is 0. The molecule has 5 nitrogen and oxygen atoms in total. The number of hydrogen-bond donors (Lipinski definition) is 1. The van der Waals surface area contributed by atoms with Gasteiger partial charge in [-0.15, -0.1) is 0 Å². The Morgan fingerprint density at radius 1 is 1.07 bits per heavy atom. The molecule has 1 atom stereocenters. The van der Waals surface area contributed by atoms with Crippen molar-refractivity contribution in [3.05, 3.63) is 30.6 Å². The van der Waals surface area contributed by atoms with Gasteiger partial charge in [0.25, 0.3) is 0 Å². The van der Waals surface area contributed by atoms with Gasteiger partial charge in [-0.2, -0.15) is 0 Å². The number of imidazole rings is 1. The predicted octanol–water partition coefficient (Wildman–Crippen LogP) is 3.73. The highest BCUT2D eigenvalue weighted by atomic mass is 16.1. The molecule has 27 heavy (non-hydrogen) atoms. The number of para-hydroxylation sites is 2. The maximum absolute atomic E-state index is 12.5. The fourth-order valence-corrected chi connectivity index (χ4v) is 4.79. The van der Waals surface area contributed by atoms with E-state index in [0.29, 0.717) is 19.0 Å². The summed E-state index contributed by atoms with van der Waals surface area (Å²) in [5.74, 6) is 0.167. The highest BCUT2D eigenvalue weighted by molar-refractivity contribution is 5.77. The molecule has 1 aromatic heterocycles. The molecule has 1 amide bonds. The number of piperidine rings is 1. The molecule has 0 unspecified atom stereocenters. The molecule has 2 fully saturated rings. The zero-order valence-corrected chi connectivity index (χ0v) is 16.3. The van der Waals surface area contributed by atoms with Gasteiger partial charge in [-0.3, -0.25) is 9.69 Å². The topological polar surface area (TPSA) is 50.2 Å². The number of amides is 1. The van der Waals surface area contributed by atoms with Gasteiger partial charge >= 0.3 is 0 Å². The van der Waals surface area contributed by atoms with Crippen LogP contribution in [-0.2, 0) is 11.3 Å². The van der Waals surface area contributed by atoms with E-state index in [9.17, 15) is 4.79 Å². The minimum absolute atomic E-state index is 0.167. The maximum Gasteiger partial charge on any atom is 0.222 e. The Morgan fingerprint density at radius 3 is 2.74 bits per heavy atom. The molecule has 5 heteroatoms. The first kappa shape index (κ1) is 18.5. The average Bonchev–Trinajstić information content (AvgIpc) is 2.91. The second-order valence-corrected chi connectivity index (χ2v) is 8.22. The summed E-state index contributed by atoms with van der Waals surface area (Å²) in [6.07, 6.45) is 12.9. The first-order valence-electron chi connectivity index (χ1n) is 10.7. The van der Waals surface area contributed by atoms with Gasteiger partial charge in [0, 0.05) is 31.6 Å². The summed E-state index contributed by atoms with van der Waals surface area (Å²) >= 11 is 0. The lowest BCUT2D eigenvalue weighted by Crippen LogP contribution is -2.51. The molecule has 2 heterocycles. The summed E-state index contributed by atoms with van der Waals surface area (Å²) < 4.78 is 2.08. The van der Waals surface area contributed by atoms with Gasteiger partial charge in [-0.25, -0.2) is 4.98 Å². The molecule has 1 aliphatic heterocycles. The Hall–Kier alpha value is -1.88. The second kappa shape index (κ2) is 8.87. The summed E-state index contributed by atoms with van der Waals surface area (Å²) in [6.45, 7) is 2.92. The molecule has 2 aliphatic rings. The van der Waals surface area contributed by atoms with Crippen molar-refractivity contribution < 1.29 is 4.79 Å². The van der Waals surface area contributed by atoms with Crippen molar-refractivity contribution in [2.24, 2.45) is 0 Å². The van der Waals surface area contributed by atoms with Gasteiger partial charge in [0.05, 0.1) is 17.4 Å². The molecule has 1 aromatic carbocycles. The van der Waals surface area contributed by atoms with Gasteiger partial charge in [0.2, 0.25) is 5.91 Å². The quantitative estimate of drug-likeness (QED) is 0.818. The van der Waals surface area contributed by atoms with Crippen molar-refractivity contribution in [2.75, 3.05) is 13.1 Å². The van der Waals surface area contributed by atoms with E-state index in [1.807, 2.05) is 24.5 Å². The Kier molecular flexibility index (Phi) is 6.07. The summed E-state index contributed by atoms with van der Waals surface area (Å²) in [5.41, 5.74) is 2.09. The van der Waals surface area contributed by atoms with E-state index in [1.54, 1.807) is 0 Å². The van der Waals surface area contributed by atoms with Crippen LogP contribution < -0.4 is 5.32 Å². The zero-order chi connectivity index (χ0) is 18.5. The molecule has 1 aliphatic carbocycles. The summed E-state index contributed by atoms with van der Waals surface area (Å²) in [5, 5.41) is 3.30. The van der Waals surface area contributed by atoms with Crippen LogP contribution >= 0.6 is 0 Å². The van der Waals surface area contributed by atoms with Crippen molar-refractivity contribution >= 4 is 16.9 Å². The van der Waals surface area contributed by atoms with E-state index in [0.717, 1.165) is 30.0 Å². The molecular weight excluding hydrogens is 336 g/mol. The second-order valence-electron chi connectivity index (χ2n) is 8.22. The zero-order valence-electron chi connectivity index (χ0n) is 16.3. The van der Waals surface area contributed by atoms with Crippen LogP contribution in [0.3, 0.4) is 0 Å². The van der Waals surface area contributed by atoms with Crippen LogP contribution in [0.15, 0.2) is 30.6 Å². The highest BCUT2D eigenvalue weighted by Gasteiger charge is 2.27. The van der Waals surface area contributed by atoms with Crippen molar-refractivity contribution in [3.8, 4) is 0 Å².